The van der Waals surface area contributed by atoms with Gasteiger partial charge in [-0.15, -0.1) is 0 Å². The number of ether oxygens (including phenoxy) is 6. The molecule has 11 aliphatic heterocycles. The lowest BCUT2D eigenvalue weighted by Gasteiger charge is -2.30. The first-order valence-electron chi connectivity index (χ1n) is 39.2. The Bertz CT molecular complexity index is 6560. The zero-order valence-corrected chi connectivity index (χ0v) is 77.8. The van der Waals surface area contributed by atoms with Gasteiger partial charge < -0.3 is 125 Å². The van der Waals surface area contributed by atoms with Gasteiger partial charge in [-0.05, 0) is 59.0 Å². The number of aromatic amines is 1. The average Bonchev–Trinajstić information content (AvgIpc) is 1.62. The summed E-state index contributed by atoms with van der Waals surface area (Å²) in [6.45, 7) is -29.0. The second-order valence-electron chi connectivity index (χ2n) is 30.8. The summed E-state index contributed by atoms with van der Waals surface area (Å²) in [6, 6.07) is 0. The molecule has 21 rings (SSSR count). The third-order valence-corrected chi connectivity index (χ3v) is 31.6. The number of carbonyl (C=O) groups is 2. The van der Waals surface area contributed by atoms with Crippen LogP contribution in [0.5, 0.6) is 0 Å². The van der Waals surface area contributed by atoms with Crippen LogP contribution in [0.3, 0.4) is 0 Å². The van der Waals surface area contributed by atoms with Gasteiger partial charge in [0.2, 0.25) is 5.95 Å². The number of nitrogens with one attached hydrogen (secondary N) is 1. The predicted octanol–water partition coefficient (Wildman–Crippen LogP) is -1.06. The lowest BCUT2D eigenvalue weighted by atomic mass is 10.1. The van der Waals surface area contributed by atoms with Crippen molar-refractivity contribution in [2.75, 3.05) is 62.6 Å². The van der Waals surface area contributed by atoms with E-state index in [-0.39, 0.29) is 121 Å². The van der Waals surface area contributed by atoms with Gasteiger partial charge in [0.25, 0.3) is 5.56 Å². The Balaban J connectivity index is 0.000000130. The number of fused-ring (bicyclic) bond motifs is 12. The molecule has 9 saturated heterocycles. The van der Waals surface area contributed by atoms with Crippen molar-refractivity contribution in [3.63, 3.8) is 0 Å². The minimum atomic E-state index is -4.35. The number of H-pyrrole nitrogens is 1. The zero-order valence-electron chi connectivity index (χ0n) is 67.4. The molecule has 9 fully saturated rings. The monoisotopic (exact) mass is 2120 g/mol. The number of anilines is 4. The molecule has 10 aromatic rings. The maximum absolute atomic E-state index is 16.0. The number of imidazole rings is 6. The Kier molecular flexibility index (Phi) is 26.3. The van der Waals surface area contributed by atoms with E-state index in [4.69, 9.17) is 176 Å². The number of amidine groups is 2. The number of hydrogen-bond acceptors (Lipinski definition) is 51. The largest absolute Gasteiger partial charge is 0.387 e. The summed E-state index contributed by atoms with van der Waals surface area (Å²) < 4.78 is 171. The van der Waals surface area contributed by atoms with Crippen LogP contribution in [0.15, 0.2) is 71.7 Å². The minimum Gasteiger partial charge on any atom is -0.387 e. The molecule has 726 valence electrons. The van der Waals surface area contributed by atoms with Gasteiger partial charge in [0, 0.05) is 0 Å². The van der Waals surface area contributed by atoms with Crippen molar-refractivity contribution in [1.82, 2.24) is 97.2 Å². The number of aromatic nitrogens is 20. The second kappa shape index (κ2) is 36.8. The highest BCUT2D eigenvalue weighted by Gasteiger charge is 2.59. The molecule has 0 saturated carbocycles. The van der Waals surface area contributed by atoms with E-state index >= 15 is 13.2 Å². The van der Waals surface area contributed by atoms with Gasteiger partial charge in [0.15, 0.2) is 136 Å². The van der Waals surface area contributed by atoms with E-state index < -0.39 is 239 Å². The number of carbonyl (C=O) groups excluding carboxylic acids is 2. The van der Waals surface area contributed by atoms with E-state index in [1.165, 1.54) is 67.1 Å². The lowest BCUT2D eigenvalue weighted by molar-refractivity contribution is -0.0593. The minimum absolute atomic E-state index is 0.00179. The Morgan fingerprint density at radius 2 is 0.659 bits per heavy atom. The summed E-state index contributed by atoms with van der Waals surface area (Å²) in [4.78, 5) is 155. The Morgan fingerprint density at radius 3 is 1.03 bits per heavy atom. The normalized spacial score (nSPS) is 38.6. The first-order chi connectivity index (χ1) is 63.9. The van der Waals surface area contributed by atoms with Gasteiger partial charge >= 0.3 is 40.4 Å². The topological polar surface area (TPSA) is 790 Å². The molecule has 10 aromatic heterocycles. The van der Waals surface area contributed by atoms with E-state index in [0.29, 0.717) is 0 Å². The van der Waals surface area contributed by atoms with E-state index in [9.17, 15) is 58.7 Å². The number of nitrogens with two attached hydrogens (primary N) is 6. The number of rotatable bonds is 6. The lowest BCUT2D eigenvalue weighted by Crippen LogP contribution is -2.38. The Morgan fingerprint density at radius 1 is 0.378 bits per heavy atom. The number of alkyl halides is 3. The number of aliphatic imine (C=N–C) groups is 2. The van der Waals surface area contributed by atoms with Gasteiger partial charge in [-0.3, -0.25) is 78.4 Å². The summed E-state index contributed by atoms with van der Waals surface area (Å²) in [5, 5.41) is 33.7. The third-order valence-electron chi connectivity index (χ3n) is 22.2. The molecule has 30 atom stereocenters. The molecule has 0 aliphatic carbocycles. The first-order valence-corrected chi connectivity index (χ1v) is 54.8. The van der Waals surface area contributed by atoms with Gasteiger partial charge in [0.1, 0.15) is 139 Å². The molecule has 0 amide bonds. The van der Waals surface area contributed by atoms with E-state index in [0.717, 1.165) is 17.2 Å². The fourth-order valence-electron chi connectivity index (χ4n) is 16.1. The SMILES string of the molecule is NC1=Nc2c(ncn2[C@@H]2O[C@@H]3COP(O)(=S)O[C@H]4[C@@H](F)[C@H](n5cnc6c(N)ncnc65)O[C@@H]4COP(O)(=S)O[C@H]3[C@H]2O)C(=O)C1.NC1=Nc2c(ncn2[C@@H]2O[C@@H]3COP(O)(=S)O[C@H]4[C@@H](O)[C@H](n5cnc6c(N)ncnc65)O[C@@H]4COP(O)(=S)O[C@H]3[C@H]2F)C(=O)C1.Nc1nc2c(ncn2[C@@H]2O[C@@H]3COP(O)(=S)O[C@H]4[C@@H](F)[C@H](n5cnc6c(N)ncnc65)O[C@@H]4COP(=O)(S)O[C@H]3[C@H]2O)c(=O)[nH]1. The average molecular weight is 2120 g/mol. The van der Waals surface area contributed by atoms with Crippen LogP contribution in [0, 0.1) is 0 Å². The number of ketones is 2. The van der Waals surface area contributed by atoms with Crippen LogP contribution >= 0.6 is 52.6 Å². The first kappa shape index (κ1) is 96.4. The number of Topliss-reactive ketones (excluding diaryl/α,β-unsaturated/α-hetero) is 2. The highest BCUT2D eigenvalue weighted by atomic mass is 32.7. The number of aliphatic hydroxyl groups excluding tert-OH is 3. The number of nitrogen functional groups attached to an aromatic ring is 4. The molecule has 0 spiro atoms. The number of nitrogens with zero attached hydrogens (tertiary/aromatic N) is 21. The van der Waals surface area contributed by atoms with E-state index in [2.05, 4.69) is 92.0 Å². The molecule has 58 nitrogen and oxygen atoms in total. The second-order valence-corrected chi connectivity index (χ2v) is 47.6. The molecule has 0 bridgehead atoms. The summed E-state index contributed by atoms with van der Waals surface area (Å²) in [5.74, 6) is -0.770. The highest BCUT2D eigenvalue weighted by Crippen LogP contribution is 2.61. The van der Waals surface area contributed by atoms with Gasteiger partial charge in [-0.2, -0.15) is 4.98 Å². The molecule has 73 heteroatoms. The van der Waals surface area contributed by atoms with Crippen molar-refractivity contribution in [3.05, 3.63) is 78.7 Å². The zero-order chi connectivity index (χ0) is 95.5. The fraction of sp³-hybridized carbons (Fsp3) is 0.516. The standard InChI is InChI=1S/2C21H24FN9O10P2S2.C20H23FN10O10P2S2/c22-11-15-8(38-20(11)31-5-27-12-7(32)1-10(23)29-19(12)31)2-36-43(35,45)41-16-9(3-37-42(34,44)40-15)39-21(14(16)33)30-6-28-13-17(24)25-4-26-18(13)30;22-11-15-8(38-20(11)30-6-28-13-17(24)25-4-26-18(13)30)2-36-43(35,45)41-16-9(3-37-42(34,44)40-15)39-21(14(16)33)31-5-27-12-7(32)1-10(23)29-19(12)31;21-8-12-6(38-18(8)30-4-26-9-14(22)24-3-25-15(9)30)1-36-43(35,45)41-13-7(2-37-42(34,44)40-12)39-19(11(13)32)31-5-27-10-16(31)28-20(23)29-17(10)33/h2*4-6,8-9,11,14-16,20-21,33H,1-3H2,(H2,23,29)(H,34,44)(H,35,45)(H2,24,25,26);3-8,11-13,18-19,32H,1-2H2,(H,34,44)(H,35,45)(H2,22,24,25)(H3,23,28,29,33)/t2*8-,9-,11-,14-,15-,16-,20-,21-,42?,43?;6-,7-,8-,11-,12-,13-,18-,19-,42?,43?/m111/s1. The number of hydrogen-bond donors (Lipinski definition) is 16. The van der Waals surface area contributed by atoms with Crippen LogP contribution in [0.1, 0.15) is 71.2 Å². The molecular weight excluding hydrogens is 2050 g/mol. The summed E-state index contributed by atoms with van der Waals surface area (Å²) in [7, 11) is 0. The van der Waals surface area contributed by atoms with Crippen molar-refractivity contribution in [1.29, 1.82) is 0 Å². The highest BCUT2D eigenvalue weighted by molar-refractivity contribution is 8.44. The van der Waals surface area contributed by atoms with Crippen LogP contribution in [0.2, 0.25) is 0 Å². The maximum atomic E-state index is 16.0. The Hall–Kier alpha value is -7.52. The maximum Gasteiger partial charge on any atom is 0.386 e. The molecule has 0 radical (unpaired) electrons. The third kappa shape index (κ3) is 18.8. The van der Waals surface area contributed by atoms with Crippen molar-refractivity contribution in [2.45, 2.75) is 160 Å². The van der Waals surface area contributed by atoms with E-state index in [1.54, 1.807) is 0 Å². The summed E-state index contributed by atoms with van der Waals surface area (Å²) >= 11 is 30.0. The van der Waals surface area contributed by atoms with Crippen LogP contribution in [0.4, 0.5) is 48.2 Å². The predicted molar refractivity (Wildman–Crippen MR) is 467 cm³/mol. The molecule has 0 aromatic carbocycles. The van der Waals surface area contributed by atoms with E-state index in [1.807, 2.05) is 0 Å². The number of aliphatic hydroxyl groups is 3. The van der Waals surface area contributed by atoms with Crippen LogP contribution in [0.25, 0.3) is 44.7 Å². The molecule has 135 heavy (non-hydrogen) atoms. The van der Waals surface area contributed by atoms with Crippen LogP contribution in [-0.2, 0) is 146 Å². The van der Waals surface area contributed by atoms with Gasteiger partial charge in [0.05, 0.1) is 90.4 Å². The van der Waals surface area contributed by atoms with Crippen molar-refractivity contribution >= 4 is 215 Å². The quantitative estimate of drug-likeness (QED) is 0.0697. The Labute approximate surface area is 780 Å². The molecule has 21 N–H and O–H groups in total. The molecule has 11 aliphatic rings. The number of thiol groups is 1. The van der Waals surface area contributed by atoms with Gasteiger partial charge in [-0.25, -0.2) is 87.5 Å². The molecule has 6 unspecified atom stereocenters. The van der Waals surface area contributed by atoms with Crippen LogP contribution < -0.4 is 40.0 Å². The fourth-order valence-corrected chi connectivity index (χ4v) is 24.8. The van der Waals surface area contributed by atoms with Gasteiger partial charge in [-0.1, -0.05) is 12.2 Å². The molecular formula is C62H71F3N28O30P6S6. The van der Waals surface area contributed by atoms with Crippen LogP contribution in [-0.4, -0.2) is 310 Å². The smallest absolute Gasteiger partial charge is 0.386 e. The number of halogens is 3. The molecule has 21 heterocycles. The summed E-state index contributed by atoms with van der Waals surface area (Å²) in [6.07, 6.45) is -25.0. The van der Waals surface area contributed by atoms with Crippen molar-refractivity contribution in [3.8, 4) is 0 Å². The summed E-state index contributed by atoms with van der Waals surface area (Å²) in [5.41, 5.74) is 35.2. The van der Waals surface area contributed by atoms with Crippen molar-refractivity contribution < 1.29 is 150 Å². The van der Waals surface area contributed by atoms with Crippen molar-refractivity contribution in [2.24, 2.45) is 21.5 Å².